The molecule has 132 valence electrons. The Kier molecular flexibility index (Phi) is 5.49. The average Bonchev–Trinajstić information content (AvgIpc) is 2.68. The summed E-state index contributed by atoms with van der Waals surface area (Å²) >= 11 is 0. The van der Waals surface area contributed by atoms with Gasteiger partial charge in [-0.15, -0.1) is 0 Å². The number of nitrogens with zero attached hydrogens (tertiary/aromatic N) is 1. The van der Waals surface area contributed by atoms with Crippen LogP contribution in [-0.4, -0.2) is 18.0 Å². The van der Waals surface area contributed by atoms with Crippen LogP contribution < -0.4 is 15.4 Å². The molecule has 2 N–H and O–H groups in total. The Labute approximate surface area is 153 Å². The van der Waals surface area contributed by atoms with E-state index in [4.69, 9.17) is 4.74 Å². The summed E-state index contributed by atoms with van der Waals surface area (Å²) in [6.45, 7) is 2.41. The fourth-order valence-corrected chi connectivity index (χ4v) is 2.62. The molecule has 5 nitrogen and oxygen atoms in total. The highest BCUT2D eigenvalue weighted by atomic mass is 16.5. The number of pyridine rings is 1. The van der Waals surface area contributed by atoms with Gasteiger partial charge in [-0.3, -0.25) is 9.78 Å². The number of hydrogen-bond acceptors (Lipinski definition) is 4. The average molecular weight is 347 g/mol. The maximum absolute atomic E-state index is 12.4. The van der Waals surface area contributed by atoms with Gasteiger partial charge in [-0.05, 0) is 36.8 Å². The van der Waals surface area contributed by atoms with E-state index in [2.05, 4.69) is 15.6 Å². The number of carbonyl (C=O) groups excluding carboxylic acids is 1. The van der Waals surface area contributed by atoms with Crippen molar-refractivity contribution >= 4 is 17.3 Å². The largest absolute Gasteiger partial charge is 0.496 e. The van der Waals surface area contributed by atoms with Crippen molar-refractivity contribution in [2.45, 2.75) is 13.5 Å². The van der Waals surface area contributed by atoms with Gasteiger partial charge in [0.25, 0.3) is 5.91 Å². The molecule has 0 saturated carbocycles. The van der Waals surface area contributed by atoms with Crippen molar-refractivity contribution in [2.24, 2.45) is 0 Å². The predicted octanol–water partition coefficient (Wildman–Crippen LogP) is 4.07. The second-order valence-corrected chi connectivity index (χ2v) is 5.86. The zero-order chi connectivity index (χ0) is 18.4. The Balaban J connectivity index is 1.69. The molecule has 0 radical (unpaired) electrons. The third kappa shape index (κ3) is 4.19. The normalized spacial score (nSPS) is 10.2. The lowest BCUT2D eigenvalue weighted by molar-refractivity contribution is 0.0945. The molecule has 1 aromatic heterocycles. The van der Waals surface area contributed by atoms with E-state index in [9.17, 15) is 4.79 Å². The molecule has 0 aliphatic rings. The van der Waals surface area contributed by atoms with Crippen molar-refractivity contribution in [3.05, 3.63) is 83.7 Å². The number of anilines is 2. The van der Waals surface area contributed by atoms with E-state index in [1.54, 1.807) is 19.4 Å². The zero-order valence-corrected chi connectivity index (χ0v) is 14.8. The van der Waals surface area contributed by atoms with Crippen LogP contribution in [0, 0.1) is 6.92 Å². The van der Waals surface area contributed by atoms with E-state index in [1.807, 2.05) is 61.5 Å². The van der Waals surface area contributed by atoms with Gasteiger partial charge in [0, 0.05) is 29.7 Å². The summed E-state index contributed by atoms with van der Waals surface area (Å²) < 4.78 is 5.30. The van der Waals surface area contributed by atoms with Crippen molar-refractivity contribution < 1.29 is 9.53 Å². The number of aryl methyl sites for hydroxylation is 1. The number of aromatic nitrogens is 1. The minimum atomic E-state index is -0.232. The van der Waals surface area contributed by atoms with Gasteiger partial charge in [0.05, 0.1) is 7.11 Å². The van der Waals surface area contributed by atoms with Gasteiger partial charge in [-0.2, -0.15) is 0 Å². The van der Waals surface area contributed by atoms with E-state index in [1.165, 1.54) is 0 Å². The summed E-state index contributed by atoms with van der Waals surface area (Å²) in [6.07, 6.45) is 1.62. The summed E-state index contributed by atoms with van der Waals surface area (Å²) in [6, 6.07) is 19.2. The van der Waals surface area contributed by atoms with Crippen molar-refractivity contribution in [3.8, 4) is 5.75 Å². The van der Waals surface area contributed by atoms with Crippen LogP contribution in [0.25, 0.3) is 0 Å². The maximum atomic E-state index is 12.4. The fraction of sp³-hybridized carbons (Fsp3) is 0.143. The van der Waals surface area contributed by atoms with Gasteiger partial charge in [-0.25, -0.2) is 0 Å². The second kappa shape index (κ2) is 8.16. The molecule has 0 spiro atoms. The minimum absolute atomic E-state index is 0.232. The van der Waals surface area contributed by atoms with E-state index in [0.29, 0.717) is 12.2 Å². The molecule has 0 saturated heterocycles. The summed E-state index contributed by atoms with van der Waals surface area (Å²) in [5, 5.41) is 6.20. The van der Waals surface area contributed by atoms with Crippen LogP contribution in [0.1, 0.15) is 21.6 Å². The molecule has 0 aliphatic carbocycles. The van der Waals surface area contributed by atoms with Crippen LogP contribution in [0.5, 0.6) is 5.75 Å². The SMILES string of the molecule is COc1ccccc1CNC(=O)c1cc(Nc2ccccc2C)ccn1. The Morgan fingerprint density at radius 1 is 1.08 bits per heavy atom. The molecule has 1 heterocycles. The molecule has 0 bridgehead atoms. The first-order valence-corrected chi connectivity index (χ1v) is 8.36. The molecular weight excluding hydrogens is 326 g/mol. The maximum Gasteiger partial charge on any atom is 0.270 e. The molecule has 1 amide bonds. The highest BCUT2D eigenvalue weighted by Crippen LogP contribution is 2.20. The van der Waals surface area contributed by atoms with Crippen LogP contribution in [-0.2, 0) is 6.54 Å². The van der Waals surface area contributed by atoms with Crippen LogP contribution in [0.2, 0.25) is 0 Å². The number of amides is 1. The first-order valence-electron chi connectivity index (χ1n) is 8.36. The lowest BCUT2D eigenvalue weighted by Crippen LogP contribution is -2.24. The molecule has 3 rings (SSSR count). The quantitative estimate of drug-likeness (QED) is 0.705. The summed E-state index contributed by atoms with van der Waals surface area (Å²) in [4.78, 5) is 16.6. The lowest BCUT2D eigenvalue weighted by Gasteiger charge is -2.11. The number of rotatable bonds is 6. The number of methoxy groups -OCH3 is 1. The Hall–Kier alpha value is -3.34. The smallest absolute Gasteiger partial charge is 0.270 e. The molecular formula is C21H21N3O2. The molecule has 3 aromatic rings. The first kappa shape index (κ1) is 17.5. The van der Waals surface area contributed by atoms with Gasteiger partial charge in [-0.1, -0.05) is 36.4 Å². The molecule has 0 fully saturated rings. The number of para-hydroxylation sites is 2. The predicted molar refractivity (Wildman–Crippen MR) is 103 cm³/mol. The second-order valence-electron chi connectivity index (χ2n) is 5.86. The minimum Gasteiger partial charge on any atom is -0.496 e. The van der Waals surface area contributed by atoms with Crippen LogP contribution >= 0.6 is 0 Å². The van der Waals surface area contributed by atoms with E-state index in [-0.39, 0.29) is 5.91 Å². The van der Waals surface area contributed by atoms with Gasteiger partial charge in [0.15, 0.2) is 0 Å². The molecule has 5 heteroatoms. The monoisotopic (exact) mass is 347 g/mol. The highest BCUT2D eigenvalue weighted by molar-refractivity contribution is 5.93. The van der Waals surface area contributed by atoms with Crippen LogP contribution in [0.15, 0.2) is 66.9 Å². The number of hydrogen-bond donors (Lipinski definition) is 2. The zero-order valence-electron chi connectivity index (χ0n) is 14.8. The standard InChI is InChI=1S/C21H21N3O2/c1-15-7-3-5-9-18(15)24-17-11-12-22-19(13-17)21(25)23-14-16-8-4-6-10-20(16)26-2/h3-13H,14H2,1-2H3,(H,22,24)(H,23,25). The first-order chi connectivity index (χ1) is 12.7. The number of nitrogens with one attached hydrogen (secondary N) is 2. The van der Waals surface area contributed by atoms with Crippen LogP contribution in [0.4, 0.5) is 11.4 Å². The van der Waals surface area contributed by atoms with E-state index < -0.39 is 0 Å². The van der Waals surface area contributed by atoms with Crippen LogP contribution in [0.3, 0.4) is 0 Å². The Bertz CT molecular complexity index is 909. The number of carbonyl (C=O) groups is 1. The highest BCUT2D eigenvalue weighted by Gasteiger charge is 2.10. The van der Waals surface area contributed by atoms with Gasteiger partial charge in [0.2, 0.25) is 0 Å². The molecule has 2 aromatic carbocycles. The summed E-state index contributed by atoms with van der Waals surface area (Å²) in [5.74, 6) is 0.514. The van der Waals surface area contributed by atoms with Crippen molar-refractivity contribution in [1.82, 2.24) is 10.3 Å². The summed E-state index contributed by atoms with van der Waals surface area (Å²) in [7, 11) is 1.61. The van der Waals surface area contributed by atoms with Gasteiger partial charge in [0.1, 0.15) is 11.4 Å². The van der Waals surface area contributed by atoms with Gasteiger partial charge < -0.3 is 15.4 Å². The van der Waals surface area contributed by atoms with Gasteiger partial charge >= 0.3 is 0 Å². The van der Waals surface area contributed by atoms with E-state index >= 15 is 0 Å². The number of ether oxygens (including phenoxy) is 1. The van der Waals surface area contributed by atoms with E-state index in [0.717, 1.165) is 28.3 Å². The summed E-state index contributed by atoms with van der Waals surface area (Å²) in [5.41, 5.74) is 4.22. The fourth-order valence-electron chi connectivity index (χ4n) is 2.62. The lowest BCUT2D eigenvalue weighted by atomic mass is 10.2. The Morgan fingerprint density at radius 3 is 2.65 bits per heavy atom. The molecule has 0 unspecified atom stereocenters. The van der Waals surface area contributed by atoms with Crippen molar-refractivity contribution in [3.63, 3.8) is 0 Å². The van der Waals surface area contributed by atoms with Crippen molar-refractivity contribution in [2.75, 3.05) is 12.4 Å². The third-order valence-corrected chi connectivity index (χ3v) is 4.05. The third-order valence-electron chi connectivity index (χ3n) is 4.05. The topological polar surface area (TPSA) is 63.2 Å². The Morgan fingerprint density at radius 2 is 1.85 bits per heavy atom. The molecule has 26 heavy (non-hydrogen) atoms. The molecule has 0 aliphatic heterocycles. The number of benzene rings is 2. The van der Waals surface area contributed by atoms with Crippen molar-refractivity contribution in [1.29, 1.82) is 0 Å². The molecule has 0 atom stereocenters.